The molecule has 0 bridgehead atoms. The van der Waals surface area contributed by atoms with Gasteiger partial charge in [-0.05, 0) is 6.08 Å². The normalized spacial score (nSPS) is 24.8. The van der Waals surface area contributed by atoms with E-state index in [-0.39, 0.29) is 22.9 Å². The second-order valence-electron chi connectivity index (χ2n) is 4.93. The number of rotatable bonds is 3. The van der Waals surface area contributed by atoms with Gasteiger partial charge >= 0.3 is 0 Å². The molecule has 0 saturated carbocycles. The molecule has 9 heteroatoms. The van der Waals surface area contributed by atoms with Gasteiger partial charge in [0.1, 0.15) is 18.8 Å². The third kappa shape index (κ3) is 3.46. The maximum absolute atomic E-state index is 11.3. The zero-order valence-corrected chi connectivity index (χ0v) is 13.2. The third-order valence-electron chi connectivity index (χ3n) is 3.46. The van der Waals surface area contributed by atoms with E-state index < -0.39 is 5.97 Å². The maximum Gasteiger partial charge on any atom is 0.291 e. The molecule has 4 N–H and O–H groups in total. The second kappa shape index (κ2) is 7.17. The minimum atomic E-state index is -1.26. The van der Waals surface area contributed by atoms with Crippen molar-refractivity contribution in [3.8, 4) is 0 Å². The van der Waals surface area contributed by atoms with Crippen LogP contribution in [0, 0.1) is 12.0 Å². The molecule has 0 spiro atoms. The first kappa shape index (κ1) is 16.9. The van der Waals surface area contributed by atoms with Gasteiger partial charge in [0.2, 0.25) is 12.3 Å². The first-order valence-corrected chi connectivity index (χ1v) is 7.88. The first-order chi connectivity index (χ1) is 11.0. The number of carbonyl (C=O) groups excluding carboxylic acids is 3. The van der Waals surface area contributed by atoms with E-state index >= 15 is 0 Å². The summed E-state index contributed by atoms with van der Waals surface area (Å²) in [6.45, 7) is 2.37. The number of dihydropyridines is 1. The fraction of sp³-hybridized carbons (Fsp3) is 0.357. The number of carboxylic acid groups (broad SMARTS) is 1. The molecule has 1 fully saturated rings. The van der Waals surface area contributed by atoms with Gasteiger partial charge in [0, 0.05) is 5.75 Å². The molecule has 0 aliphatic carbocycles. The average molecular weight is 336 g/mol. The molecule has 1 saturated heterocycles. The largest absolute Gasteiger partial charge is 0.543 e. The predicted molar refractivity (Wildman–Crippen MR) is 81.6 cm³/mol. The van der Waals surface area contributed by atoms with E-state index in [0.717, 1.165) is 0 Å². The molecule has 3 aliphatic heterocycles. The molecule has 8 nitrogen and oxygen atoms in total. The molecular formula is C14H16N4O4S. The number of allylic oxidation sites excluding steroid dienone is 1. The monoisotopic (exact) mass is 336 g/mol. The Labute approximate surface area is 137 Å². The molecule has 3 aliphatic rings. The standard InChI is InChI=1S/C8H9NO3S.C6H7N3O/c1-4-6(10)9-5(8(11)12)2-3-13-7(4)9;7-5-3-8-2-1-6(5)9-4-10/h2,4,7H,3H2,1H3,(H,11,12);2,4,8H,3,7H2/t4-,7-;/m0./s1. The highest BCUT2D eigenvalue weighted by Crippen LogP contribution is 2.40. The summed E-state index contributed by atoms with van der Waals surface area (Å²) < 4.78 is 0. The number of nitrogens with zero attached hydrogens (tertiary/aromatic N) is 1. The number of nitrogens with two attached hydrogens (primary N) is 1. The zero-order valence-electron chi connectivity index (χ0n) is 12.4. The van der Waals surface area contributed by atoms with E-state index in [1.807, 2.05) is 6.92 Å². The van der Waals surface area contributed by atoms with Crippen LogP contribution in [0.3, 0.4) is 0 Å². The predicted octanol–water partition coefficient (Wildman–Crippen LogP) is -2.01. The van der Waals surface area contributed by atoms with Crippen LogP contribution in [0.5, 0.6) is 0 Å². The lowest BCUT2D eigenvalue weighted by atomic mass is 9.99. The van der Waals surface area contributed by atoms with Gasteiger partial charge < -0.3 is 21.0 Å². The summed E-state index contributed by atoms with van der Waals surface area (Å²) in [6.07, 6.45) is 6.46. The molecular weight excluding hydrogens is 320 g/mol. The second-order valence-corrected chi connectivity index (χ2v) is 6.08. The Bertz CT molecular complexity index is 614. The highest BCUT2D eigenvalue weighted by atomic mass is 32.2. The van der Waals surface area contributed by atoms with Gasteiger partial charge in [-0.15, -0.1) is 11.8 Å². The van der Waals surface area contributed by atoms with Gasteiger partial charge in [0.25, 0.3) is 5.70 Å². The van der Waals surface area contributed by atoms with E-state index in [1.54, 1.807) is 18.0 Å². The lowest BCUT2D eigenvalue weighted by Gasteiger charge is -2.48. The SMILES string of the molecule is C[C@H]1C(=O)N2C(C(=O)[O-])=CCS[C@@H]12.NC1=C(NC=O)[C+]=CNC1. The summed E-state index contributed by atoms with van der Waals surface area (Å²) in [5.74, 6) is -0.798. The number of β-lactam (4-membered cyclic amide) rings is 1. The molecule has 0 radical (unpaired) electrons. The van der Waals surface area contributed by atoms with E-state index in [2.05, 4.69) is 16.7 Å². The molecule has 122 valence electrons. The topological polar surface area (TPSA) is 128 Å². The molecule has 3 heterocycles. The smallest absolute Gasteiger partial charge is 0.291 e. The quantitative estimate of drug-likeness (QED) is 0.309. The Morgan fingerprint density at radius 1 is 1.65 bits per heavy atom. The lowest BCUT2D eigenvalue weighted by Crippen LogP contribution is -2.60. The summed E-state index contributed by atoms with van der Waals surface area (Å²) in [6, 6.07) is 0. The number of amides is 2. The zero-order chi connectivity index (χ0) is 17.0. The van der Waals surface area contributed by atoms with Gasteiger partial charge in [-0.3, -0.25) is 19.8 Å². The van der Waals surface area contributed by atoms with Crippen molar-refractivity contribution in [3.05, 3.63) is 35.4 Å². The van der Waals surface area contributed by atoms with Crippen LogP contribution in [0.25, 0.3) is 0 Å². The number of carboxylic acids is 1. The van der Waals surface area contributed by atoms with E-state index in [4.69, 9.17) is 5.73 Å². The van der Waals surface area contributed by atoms with Crippen LogP contribution in [0.2, 0.25) is 0 Å². The van der Waals surface area contributed by atoms with Crippen LogP contribution >= 0.6 is 11.8 Å². The summed E-state index contributed by atoms with van der Waals surface area (Å²) in [5, 5.41) is 15.9. The Morgan fingerprint density at radius 2 is 2.39 bits per heavy atom. The van der Waals surface area contributed by atoms with Gasteiger partial charge in [-0.25, -0.2) is 0 Å². The molecule has 2 amide bonds. The van der Waals surface area contributed by atoms with Crippen molar-refractivity contribution in [1.82, 2.24) is 15.5 Å². The molecule has 23 heavy (non-hydrogen) atoms. The van der Waals surface area contributed by atoms with Gasteiger partial charge in [0.05, 0.1) is 23.0 Å². The minimum Gasteiger partial charge on any atom is -0.543 e. The van der Waals surface area contributed by atoms with Crippen molar-refractivity contribution in [3.63, 3.8) is 0 Å². The van der Waals surface area contributed by atoms with Crippen molar-refractivity contribution < 1.29 is 19.5 Å². The lowest BCUT2D eigenvalue weighted by molar-refractivity contribution is -0.301. The first-order valence-electron chi connectivity index (χ1n) is 6.84. The fourth-order valence-electron chi connectivity index (χ4n) is 2.25. The summed E-state index contributed by atoms with van der Waals surface area (Å²) in [5.41, 5.74) is 6.65. The third-order valence-corrected chi connectivity index (χ3v) is 4.78. The van der Waals surface area contributed by atoms with Crippen LogP contribution in [0.15, 0.2) is 29.4 Å². The highest BCUT2D eigenvalue weighted by Gasteiger charge is 2.47. The molecule has 0 aromatic heterocycles. The Balaban J connectivity index is 0.000000174. The molecule has 3 rings (SSSR count). The molecule has 0 aromatic carbocycles. The van der Waals surface area contributed by atoms with Crippen LogP contribution in [0.1, 0.15) is 6.92 Å². The van der Waals surface area contributed by atoms with E-state index in [0.29, 0.717) is 30.1 Å². The number of nitrogens with one attached hydrogen (secondary N) is 2. The van der Waals surface area contributed by atoms with Crippen molar-refractivity contribution in [2.45, 2.75) is 12.3 Å². The van der Waals surface area contributed by atoms with Crippen molar-refractivity contribution >= 4 is 30.0 Å². The summed E-state index contributed by atoms with van der Waals surface area (Å²) in [4.78, 5) is 33.2. The van der Waals surface area contributed by atoms with Crippen LogP contribution in [-0.4, -0.2) is 40.9 Å². The van der Waals surface area contributed by atoms with Crippen molar-refractivity contribution in [2.75, 3.05) is 12.3 Å². The number of hydrogen-bond acceptors (Lipinski definition) is 7. The Kier molecular flexibility index (Phi) is 5.25. The van der Waals surface area contributed by atoms with E-state index in [9.17, 15) is 19.5 Å². The van der Waals surface area contributed by atoms with Crippen molar-refractivity contribution in [1.29, 1.82) is 0 Å². The Morgan fingerprint density at radius 3 is 3.00 bits per heavy atom. The number of hydrogen-bond donors (Lipinski definition) is 3. The molecule has 2 atom stereocenters. The van der Waals surface area contributed by atoms with Gasteiger partial charge in [-0.1, -0.05) is 6.92 Å². The number of aliphatic carboxylic acids is 1. The number of thioether (sulfide) groups is 1. The highest BCUT2D eigenvalue weighted by molar-refractivity contribution is 8.00. The average Bonchev–Trinajstić information content (AvgIpc) is 2.56. The van der Waals surface area contributed by atoms with Crippen LogP contribution < -0.4 is 21.5 Å². The van der Waals surface area contributed by atoms with Crippen molar-refractivity contribution in [2.24, 2.45) is 11.7 Å². The van der Waals surface area contributed by atoms with Gasteiger partial charge in [-0.2, -0.15) is 0 Å². The number of carbonyl (C=O) groups is 3. The molecule has 0 unspecified atom stereocenters. The van der Waals surface area contributed by atoms with Crippen LogP contribution in [-0.2, 0) is 14.4 Å². The summed E-state index contributed by atoms with van der Waals surface area (Å²) in [7, 11) is 0. The van der Waals surface area contributed by atoms with Crippen LogP contribution in [0.4, 0.5) is 0 Å². The van der Waals surface area contributed by atoms with Gasteiger partial charge in [0.15, 0.2) is 5.70 Å². The van der Waals surface area contributed by atoms with E-state index in [1.165, 1.54) is 11.0 Å². The molecule has 0 aromatic rings. The minimum absolute atomic E-state index is 0.00500. The number of fused-ring (bicyclic) bond motifs is 1. The Hall–Kier alpha value is -2.51. The fourth-order valence-corrected chi connectivity index (χ4v) is 3.47. The maximum atomic E-state index is 11.3. The summed E-state index contributed by atoms with van der Waals surface area (Å²) >= 11 is 1.58.